The van der Waals surface area contributed by atoms with Gasteiger partial charge in [0.25, 0.3) is 0 Å². The van der Waals surface area contributed by atoms with Gasteiger partial charge in [0.1, 0.15) is 12.1 Å². The molecule has 214 valence electrons. The molecule has 0 spiro atoms. The summed E-state index contributed by atoms with van der Waals surface area (Å²) in [5.41, 5.74) is 3.00. The molecule has 4 aromatic heterocycles. The number of carboxylic acid groups (broad SMARTS) is 1. The van der Waals surface area contributed by atoms with Crippen molar-refractivity contribution in [1.82, 2.24) is 20.6 Å². The van der Waals surface area contributed by atoms with Gasteiger partial charge in [-0.05, 0) is 58.5 Å². The number of rotatable bonds is 13. The number of amides is 2. The van der Waals surface area contributed by atoms with Gasteiger partial charge in [-0.3, -0.25) is 19.6 Å². The molecular weight excluding hydrogens is 577 g/mol. The van der Waals surface area contributed by atoms with Crippen LogP contribution in [0.25, 0.3) is 21.1 Å². The molecule has 2 amide bonds. The van der Waals surface area contributed by atoms with E-state index in [1.165, 1.54) is 0 Å². The molecule has 8 nitrogen and oxygen atoms in total. The Morgan fingerprint density at radius 3 is 1.73 bits per heavy atom. The molecule has 11 heteroatoms. The van der Waals surface area contributed by atoms with Crippen LogP contribution < -0.4 is 10.6 Å². The molecule has 0 unspecified atom stereocenters. The van der Waals surface area contributed by atoms with E-state index in [-0.39, 0.29) is 24.7 Å². The first-order chi connectivity index (χ1) is 19.7. The molecule has 0 aromatic carbocycles. The predicted molar refractivity (Wildman–Crippen MR) is 166 cm³/mol. The molecule has 0 radical (unpaired) electrons. The van der Waals surface area contributed by atoms with E-state index in [9.17, 15) is 19.5 Å². The zero-order chi connectivity index (χ0) is 29.4. The summed E-state index contributed by atoms with van der Waals surface area (Å²) >= 11 is 7.57. The van der Waals surface area contributed by atoms with Crippen LogP contribution in [0.2, 0.25) is 0 Å². The van der Waals surface area contributed by atoms with E-state index in [0.717, 1.165) is 26.7 Å². The quantitative estimate of drug-likeness (QED) is 0.157. The number of thiophene rings is 2. The molecular formula is C30H32N4O4S3. The normalized spacial score (nSPS) is 13.4. The number of aromatic nitrogens is 2. The summed E-state index contributed by atoms with van der Waals surface area (Å²) < 4.78 is 0. The molecule has 0 aliphatic rings. The third-order valence-electron chi connectivity index (χ3n) is 6.32. The summed E-state index contributed by atoms with van der Waals surface area (Å²) in [5, 5.41) is 18.6. The molecule has 3 N–H and O–H groups in total. The van der Waals surface area contributed by atoms with Crippen LogP contribution in [-0.2, 0) is 27.2 Å². The topological polar surface area (TPSA) is 121 Å². The Morgan fingerprint density at radius 1 is 0.805 bits per heavy atom. The summed E-state index contributed by atoms with van der Waals surface area (Å²) in [6.45, 7) is 3.97. The number of nitrogens with zero attached hydrogens (tertiary/aromatic N) is 2. The maximum Gasteiger partial charge on any atom is 0.326 e. The highest BCUT2D eigenvalue weighted by molar-refractivity contribution is 7.81. The van der Waals surface area contributed by atoms with Crippen LogP contribution in [0.4, 0.5) is 0 Å². The Morgan fingerprint density at radius 2 is 1.32 bits per heavy atom. The second kappa shape index (κ2) is 14.4. The van der Waals surface area contributed by atoms with Crippen LogP contribution in [0.1, 0.15) is 31.4 Å². The van der Waals surface area contributed by atoms with E-state index in [2.05, 4.69) is 33.2 Å². The molecule has 0 aliphatic heterocycles. The molecule has 0 aliphatic carbocycles. The lowest BCUT2D eigenvalue weighted by atomic mass is 10.0. The predicted octanol–water partition coefficient (Wildman–Crippen LogP) is 5.12. The number of carboxylic acids is 1. The van der Waals surface area contributed by atoms with Gasteiger partial charge in [0.2, 0.25) is 11.8 Å². The SMILES string of the molecule is CC(C)C[C@H](S)C(=O)N[C@@H](Cc1ccc(-c2cccs2)nc1)C(=O)N[C@@H](Cc1ccc(-c2cccs2)nc1)C(=O)O. The van der Waals surface area contributed by atoms with Gasteiger partial charge in [0.15, 0.2) is 0 Å². The maximum atomic E-state index is 13.4. The fraction of sp³-hybridized carbons (Fsp3) is 0.300. The van der Waals surface area contributed by atoms with Gasteiger partial charge in [-0.25, -0.2) is 4.79 Å². The van der Waals surface area contributed by atoms with Crippen molar-refractivity contribution in [2.24, 2.45) is 5.92 Å². The zero-order valence-corrected chi connectivity index (χ0v) is 25.2. The van der Waals surface area contributed by atoms with Crippen LogP contribution in [-0.4, -0.2) is 50.2 Å². The Hall–Kier alpha value is -3.54. The van der Waals surface area contributed by atoms with Crippen molar-refractivity contribution < 1.29 is 19.5 Å². The van der Waals surface area contributed by atoms with Crippen molar-refractivity contribution in [2.45, 2.75) is 50.4 Å². The van der Waals surface area contributed by atoms with Crippen LogP contribution in [0.3, 0.4) is 0 Å². The van der Waals surface area contributed by atoms with Gasteiger partial charge in [-0.1, -0.05) is 38.1 Å². The molecule has 4 aromatic rings. The number of aliphatic carboxylic acids is 1. The molecule has 0 saturated carbocycles. The third-order valence-corrected chi connectivity index (χ3v) is 8.55. The first kappa shape index (κ1) is 30.4. The van der Waals surface area contributed by atoms with Gasteiger partial charge < -0.3 is 15.7 Å². The summed E-state index contributed by atoms with van der Waals surface area (Å²) in [4.78, 5) is 49.5. The number of carbonyl (C=O) groups is 3. The summed E-state index contributed by atoms with van der Waals surface area (Å²) in [5.74, 6) is -1.92. The Kier molecular flexibility index (Phi) is 10.7. The summed E-state index contributed by atoms with van der Waals surface area (Å²) in [6.07, 6.45) is 4.00. The third kappa shape index (κ3) is 8.72. The first-order valence-electron chi connectivity index (χ1n) is 13.2. The average molecular weight is 609 g/mol. The second-order valence-corrected chi connectivity index (χ2v) is 12.6. The molecule has 0 saturated heterocycles. The minimum absolute atomic E-state index is 0.0407. The number of hydrogen-bond donors (Lipinski definition) is 4. The molecule has 3 atom stereocenters. The lowest BCUT2D eigenvalue weighted by molar-refractivity contribution is -0.142. The van der Waals surface area contributed by atoms with Crippen molar-refractivity contribution in [1.29, 1.82) is 0 Å². The second-order valence-electron chi connectivity index (χ2n) is 10.1. The Balaban J connectivity index is 1.48. The highest BCUT2D eigenvalue weighted by Gasteiger charge is 2.29. The summed E-state index contributed by atoms with van der Waals surface area (Å²) in [6, 6.07) is 13.0. The van der Waals surface area contributed by atoms with Crippen LogP contribution in [0, 0.1) is 5.92 Å². The van der Waals surface area contributed by atoms with Crippen LogP contribution >= 0.6 is 35.3 Å². The van der Waals surface area contributed by atoms with Gasteiger partial charge in [0, 0.05) is 25.2 Å². The van der Waals surface area contributed by atoms with Crippen molar-refractivity contribution in [3.8, 4) is 21.1 Å². The zero-order valence-electron chi connectivity index (χ0n) is 22.7. The van der Waals surface area contributed by atoms with E-state index in [1.807, 2.05) is 73.1 Å². The highest BCUT2D eigenvalue weighted by atomic mass is 32.1. The van der Waals surface area contributed by atoms with E-state index >= 15 is 0 Å². The first-order valence-corrected chi connectivity index (χ1v) is 15.5. The minimum Gasteiger partial charge on any atom is -0.480 e. The molecule has 4 heterocycles. The largest absolute Gasteiger partial charge is 0.480 e. The number of pyridine rings is 2. The van der Waals surface area contributed by atoms with E-state index in [0.29, 0.717) is 12.0 Å². The van der Waals surface area contributed by atoms with Crippen molar-refractivity contribution >= 4 is 53.1 Å². The number of carbonyl (C=O) groups excluding carboxylic acids is 2. The van der Waals surface area contributed by atoms with Crippen LogP contribution in [0.5, 0.6) is 0 Å². The van der Waals surface area contributed by atoms with E-state index in [4.69, 9.17) is 0 Å². The van der Waals surface area contributed by atoms with E-state index in [1.54, 1.807) is 35.1 Å². The lowest BCUT2D eigenvalue weighted by Crippen LogP contribution is -2.54. The van der Waals surface area contributed by atoms with Gasteiger partial charge in [-0.15, -0.1) is 22.7 Å². The minimum atomic E-state index is -1.21. The lowest BCUT2D eigenvalue weighted by Gasteiger charge is -2.23. The smallest absolute Gasteiger partial charge is 0.326 e. The standard InChI is InChI=1S/C30H32N4O4S3/c1-18(2)13-25(39)29(36)33-23(14-19-7-9-21(31-16-19)26-5-3-11-40-26)28(35)34-24(30(37)38)15-20-8-10-22(32-17-20)27-6-4-12-41-27/h3-12,16-18,23-25,39H,13-15H2,1-2H3,(H,33,36)(H,34,35)(H,37,38)/t23-,24-,25-/m0/s1. The molecule has 4 rings (SSSR count). The van der Waals surface area contributed by atoms with Crippen LogP contribution in [0.15, 0.2) is 71.7 Å². The van der Waals surface area contributed by atoms with E-state index < -0.39 is 29.2 Å². The molecule has 0 fully saturated rings. The van der Waals surface area contributed by atoms with Gasteiger partial charge in [0.05, 0.1) is 26.4 Å². The average Bonchev–Trinajstić information content (AvgIpc) is 3.68. The molecule has 0 bridgehead atoms. The fourth-order valence-corrected chi connectivity index (χ4v) is 6.11. The number of thiol groups is 1. The highest BCUT2D eigenvalue weighted by Crippen LogP contribution is 2.24. The van der Waals surface area contributed by atoms with Gasteiger partial charge in [-0.2, -0.15) is 12.6 Å². The van der Waals surface area contributed by atoms with Crippen molar-refractivity contribution in [3.63, 3.8) is 0 Å². The Bertz CT molecular complexity index is 1420. The number of hydrogen-bond acceptors (Lipinski definition) is 8. The van der Waals surface area contributed by atoms with Crippen molar-refractivity contribution in [2.75, 3.05) is 0 Å². The molecule has 41 heavy (non-hydrogen) atoms. The monoisotopic (exact) mass is 608 g/mol. The fourth-order valence-electron chi connectivity index (χ4n) is 4.21. The number of nitrogens with one attached hydrogen (secondary N) is 2. The maximum absolute atomic E-state index is 13.4. The van der Waals surface area contributed by atoms with Crippen molar-refractivity contribution in [3.05, 3.63) is 82.8 Å². The Labute approximate surface area is 252 Å². The summed E-state index contributed by atoms with van der Waals surface area (Å²) in [7, 11) is 0. The van der Waals surface area contributed by atoms with Gasteiger partial charge >= 0.3 is 5.97 Å².